The smallest absolute Gasteiger partial charge is 0.497 e. The standard InChI is InChI=1S/C19H15ClN4O6S/c1-29-12-4-2-11(3-5-12)10-31(27,28)17-7-16-15(6-14(17)20)22-18(23-16)24-9-13(8-21-24)30-19(25)26/h2-9H,10H2,1H3,(H,22,23)(H,25,26). The number of carboxylic acid groups (broad SMARTS) is 1. The van der Waals surface area contributed by atoms with Gasteiger partial charge in [0.1, 0.15) is 5.75 Å². The van der Waals surface area contributed by atoms with E-state index in [0.29, 0.717) is 22.3 Å². The summed E-state index contributed by atoms with van der Waals surface area (Å²) in [4.78, 5) is 17.8. The number of methoxy groups -OCH3 is 1. The number of imidazole rings is 1. The molecular formula is C19H15ClN4O6S. The number of nitrogens with zero attached hydrogens (tertiary/aromatic N) is 3. The van der Waals surface area contributed by atoms with Gasteiger partial charge < -0.3 is 19.6 Å². The van der Waals surface area contributed by atoms with Gasteiger partial charge in [0.2, 0.25) is 5.95 Å². The highest BCUT2D eigenvalue weighted by Gasteiger charge is 2.21. The summed E-state index contributed by atoms with van der Waals surface area (Å²) in [6.45, 7) is 0. The van der Waals surface area contributed by atoms with Crippen LogP contribution in [0.3, 0.4) is 0 Å². The molecule has 2 aromatic heterocycles. The Hall–Kier alpha value is -3.57. The van der Waals surface area contributed by atoms with Crippen LogP contribution >= 0.6 is 11.6 Å². The molecule has 2 N–H and O–H groups in total. The minimum atomic E-state index is -3.75. The van der Waals surface area contributed by atoms with Crippen LogP contribution in [0.2, 0.25) is 5.02 Å². The number of hydrogen-bond donors (Lipinski definition) is 2. The van der Waals surface area contributed by atoms with Gasteiger partial charge >= 0.3 is 6.16 Å². The number of carbonyl (C=O) groups is 1. The van der Waals surface area contributed by atoms with Crippen LogP contribution in [-0.4, -0.2) is 46.5 Å². The molecule has 10 nitrogen and oxygen atoms in total. The molecule has 0 amide bonds. The maximum atomic E-state index is 13.0. The lowest BCUT2D eigenvalue weighted by Gasteiger charge is -2.08. The van der Waals surface area contributed by atoms with Crippen molar-refractivity contribution in [2.24, 2.45) is 0 Å². The average molecular weight is 463 g/mol. The first-order valence-electron chi connectivity index (χ1n) is 8.76. The maximum Gasteiger partial charge on any atom is 0.511 e. The molecule has 0 atom stereocenters. The predicted molar refractivity (Wildman–Crippen MR) is 111 cm³/mol. The van der Waals surface area contributed by atoms with Crippen molar-refractivity contribution in [1.82, 2.24) is 19.7 Å². The van der Waals surface area contributed by atoms with Gasteiger partial charge in [-0.2, -0.15) is 5.10 Å². The number of ether oxygens (including phenoxy) is 2. The zero-order valence-corrected chi connectivity index (χ0v) is 17.5. The Morgan fingerprint density at radius 2 is 1.97 bits per heavy atom. The number of nitrogens with one attached hydrogen (secondary N) is 1. The third kappa shape index (κ3) is 4.32. The Kier molecular flexibility index (Phi) is 5.29. The molecule has 2 heterocycles. The summed E-state index contributed by atoms with van der Waals surface area (Å²) in [5, 5.41) is 12.7. The molecule has 12 heteroatoms. The lowest BCUT2D eigenvalue weighted by atomic mass is 10.2. The van der Waals surface area contributed by atoms with Crippen molar-refractivity contribution in [3.05, 3.63) is 59.4 Å². The number of hydrogen-bond acceptors (Lipinski definition) is 7. The number of aromatic nitrogens is 4. The zero-order chi connectivity index (χ0) is 22.2. The zero-order valence-electron chi connectivity index (χ0n) is 15.9. The highest BCUT2D eigenvalue weighted by atomic mass is 35.5. The molecule has 0 aliphatic carbocycles. The normalized spacial score (nSPS) is 11.5. The van der Waals surface area contributed by atoms with E-state index in [9.17, 15) is 13.2 Å². The number of rotatable bonds is 6. The average Bonchev–Trinajstić information content (AvgIpc) is 3.33. The monoisotopic (exact) mass is 462 g/mol. The second-order valence-corrected chi connectivity index (χ2v) is 8.82. The van der Waals surface area contributed by atoms with E-state index >= 15 is 0 Å². The summed E-state index contributed by atoms with van der Waals surface area (Å²) < 4.78 is 36.8. The lowest BCUT2D eigenvalue weighted by molar-refractivity contribution is 0.144. The van der Waals surface area contributed by atoms with Crippen LogP contribution < -0.4 is 9.47 Å². The van der Waals surface area contributed by atoms with Crippen LogP contribution in [-0.2, 0) is 15.6 Å². The van der Waals surface area contributed by atoms with E-state index in [4.69, 9.17) is 21.4 Å². The van der Waals surface area contributed by atoms with Crippen molar-refractivity contribution in [2.45, 2.75) is 10.6 Å². The second kappa shape index (κ2) is 7.93. The highest BCUT2D eigenvalue weighted by Crippen LogP contribution is 2.30. The van der Waals surface area contributed by atoms with Crippen LogP contribution in [0.15, 0.2) is 53.7 Å². The minimum Gasteiger partial charge on any atom is -0.497 e. The topological polar surface area (TPSA) is 136 Å². The van der Waals surface area contributed by atoms with Gasteiger partial charge in [-0.1, -0.05) is 23.7 Å². The molecule has 0 fully saturated rings. The molecule has 2 aromatic carbocycles. The summed E-state index contributed by atoms with van der Waals surface area (Å²) >= 11 is 6.26. The number of halogens is 1. The van der Waals surface area contributed by atoms with Crippen molar-refractivity contribution in [2.75, 3.05) is 7.11 Å². The van der Waals surface area contributed by atoms with Crippen LogP contribution in [0.5, 0.6) is 11.5 Å². The van der Waals surface area contributed by atoms with E-state index in [1.807, 2.05) is 0 Å². The number of fused-ring (bicyclic) bond motifs is 1. The maximum absolute atomic E-state index is 13.0. The first kappa shape index (κ1) is 20.7. The molecule has 0 saturated carbocycles. The number of aromatic amines is 1. The quantitative estimate of drug-likeness (QED) is 0.416. The predicted octanol–water partition coefficient (Wildman–Crippen LogP) is 3.44. The summed E-state index contributed by atoms with van der Waals surface area (Å²) in [5.74, 6) is 0.629. The third-order valence-electron chi connectivity index (χ3n) is 4.35. The first-order valence-corrected chi connectivity index (χ1v) is 10.8. The van der Waals surface area contributed by atoms with Crippen LogP contribution in [0.4, 0.5) is 4.79 Å². The molecule has 4 rings (SSSR count). The van der Waals surface area contributed by atoms with Crippen molar-refractivity contribution in [1.29, 1.82) is 0 Å². The number of benzene rings is 2. The molecule has 0 radical (unpaired) electrons. The Labute approximate surface area is 180 Å². The van der Waals surface area contributed by atoms with E-state index in [0.717, 1.165) is 0 Å². The molecule has 31 heavy (non-hydrogen) atoms. The first-order chi connectivity index (χ1) is 14.7. The highest BCUT2D eigenvalue weighted by molar-refractivity contribution is 7.90. The van der Waals surface area contributed by atoms with Gasteiger partial charge in [-0.3, -0.25) is 0 Å². The summed E-state index contributed by atoms with van der Waals surface area (Å²) in [5.41, 5.74) is 1.42. The Morgan fingerprint density at radius 1 is 1.23 bits per heavy atom. The van der Waals surface area contributed by atoms with Crippen LogP contribution in [0.1, 0.15) is 5.56 Å². The van der Waals surface area contributed by atoms with E-state index < -0.39 is 16.0 Å². The van der Waals surface area contributed by atoms with Crippen molar-refractivity contribution in [3.63, 3.8) is 0 Å². The fourth-order valence-electron chi connectivity index (χ4n) is 2.94. The van der Waals surface area contributed by atoms with Gasteiger partial charge in [-0.25, -0.2) is 22.9 Å². The third-order valence-corrected chi connectivity index (χ3v) is 6.50. The fourth-order valence-corrected chi connectivity index (χ4v) is 4.89. The molecule has 0 saturated heterocycles. The van der Waals surface area contributed by atoms with Crippen molar-refractivity contribution < 1.29 is 27.8 Å². The summed E-state index contributed by atoms with van der Waals surface area (Å²) in [7, 11) is -2.22. The van der Waals surface area contributed by atoms with E-state index in [1.165, 1.54) is 36.3 Å². The van der Waals surface area contributed by atoms with Gasteiger partial charge in [0.15, 0.2) is 15.6 Å². The van der Waals surface area contributed by atoms with Gasteiger partial charge in [0, 0.05) is 0 Å². The van der Waals surface area contributed by atoms with Gasteiger partial charge in [0.05, 0.1) is 46.2 Å². The van der Waals surface area contributed by atoms with E-state index in [-0.39, 0.29) is 27.4 Å². The molecule has 4 aromatic rings. The molecule has 160 valence electrons. The number of H-pyrrole nitrogens is 1. The molecular weight excluding hydrogens is 448 g/mol. The van der Waals surface area contributed by atoms with Crippen LogP contribution in [0.25, 0.3) is 17.0 Å². The largest absolute Gasteiger partial charge is 0.511 e. The molecule has 0 bridgehead atoms. The summed E-state index contributed by atoms with van der Waals surface area (Å²) in [6.07, 6.45) is 1.05. The minimum absolute atomic E-state index is 0.00810. The Balaban J connectivity index is 1.66. The summed E-state index contributed by atoms with van der Waals surface area (Å²) in [6, 6.07) is 9.56. The molecule has 0 aliphatic heterocycles. The van der Waals surface area contributed by atoms with Crippen molar-refractivity contribution >= 4 is 38.6 Å². The van der Waals surface area contributed by atoms with Gasteiger partial charge in [-0.15, -0.1) is 0 Å². The van der Waals surface area contributed by atoms with Gasteiger partial charge in [-0.05, 0) is 29.8 Å². The molecule has 0 unspecified atom stereocenters. The van der Waals surface area contributed by atoms with E-state index in [2.05, 4.69) is 19.8 Å². The second-order valence-electron chi connectivity index (χ2n) is 6.46. The molecule has 0 spiro atoms. The van der Waals surface area contributed by atoms with Crippen LogP contribution in [0, 0.1) is 0 Å². The Bertz CT molecular complexity index is 1380. The number of sulfone groups is 1. The van der Waals surface area contributed by atoms with Gasteiger partial charge in [0.25, 0.3) is 0 Å². The van der Waals surface area contributed by atoms with Crippen molar-refractivity contribution in [3.8, 4) is 17.4 Å². The SMILES string of the molecule is COc1ccc(CS(=O)(=O)c2cc3[nH]c(-n4cc(OC(=O)O)cn4)nc3cc2Cl)cc1. The molecule has 0 aliphatic rings. The Morgan fingerprint density at radius 3 is 2.65 bits per heavy atom. The van der Waals surface area contributed by atoms with E-state index in [1.54, 1.807) is 24.3 Å². The fraction of sp³-hybridized carbons (Fsp3) is 0.105. The lowest BCUT2D eigenvalue weighted by Crippen LogP contribution is -2.06.